The van der Waals surface area contributed by atoms with Crippen molar-refractivity contribution in [3.8, 4) is 5.75 Å². The first-order chi connectivity index (χ1) is 17.2. The quantitative estimate of drug-likeness (QED) is 0.542. The second kappa shape index (κ2) is 9.52. The van der Waals surface area contributed by atoms with Crippen LogP contribution in [0.25, 0.3) is 10.2 Å². The summed E-state index contributed by atoms with van der Waals surface area (Å²) < 4.78 is 10.9. The van der Waals surface area contributed by atoms with Gasteiger partial charge in [0.2, 0.25) is 5.91 Å². The van der Waals surface area contributed by atoms with Crippen molar-refractivity contribution in [2.75, 3.05) is 51.8 Å². The molecular formula is C25H28N6O3S. The van der Waals surface area contributed by atoms with Gasteiger partial charge in [-0.15, -0.1) is 11.3 Å². The van der Waals surface area contributed by atoms with Crippen molar-refractivity contribution in [2.45, 2.75) is 25.9 Å². The molecule has 2 aromatic heterocycles. The zero-order valence-electron chi connectivity index (χ0n) is 19.7. The van der Waals surface area contributed by atoms with Crippen molar-refractivity contribution < 1.29 is 14.3 Å². The minimum atomic E-state index is 0.104. The molecule has 1 aromatic carbocycles. The fourth-order valence-corrected chi connectivity index (χ4v) is 6.30. The Bertz CT molecular complexity index is 1310. The van der Waals surface area contributed by atoms with E-state index in [2.05, 4.69) is 37.3 Å². The summed E-state index contributed by atoms with van der Waals surface area (Å²) in [6.07, 6.45) is 5.47. The lowest BCUT2D eigenvalue weighted by Crippen LogP contribution is -2.43. The number of nitrogens with zero attached hydrogens (tertiary/aromatic N) is 5. The number of rotatable bonds is 7. The Kier molecular flexibility index (Phi) is 6.09. The summed E-state index contributed by atoms with van der Waals surface area (Å²) in [6.45, 7) is 5.93. The van der Waals surface area contributed by atoms with Crippen LogP contribution in [0, 0.1) is 0 Å². The summed E-state index contributed by atoms with van der Waals surface area (Å²) in [7, 11) is 1.69. The first-order valence-corrected chi connectivity index (χ1v) is 12.8. The predicted octanol–water partition coefficient (Wildman–Crippen LogP) is 2.98. The van der Waals surface area contributed by atoms with Gasteiger partial charge in [0.05, 0.1) is 31.3 Å². The van der Waals surface area contributed by atoms with Gasteiger partial charge >= 0.3 is 0 Å². The summed E-state index contributed by atoms with van der Waals surface area (Å²) in [5.74, 6) is 1.71. The summed E-state index contributed by atoms with van der Waals surface area (Å²) in [6, 6.07) is 4.13. The fourth-order valence-electron chi connectivity index (χ4n) is 5.07. The van der Waals surface area contributed by atoms with Gasteiger partial charge in [-0.05, 0) is 41.7 Å². The largest absolute Gasteiger partial charge is 0.495 e. The van der Waals surface area contributed by atoms with Crippen LogP contribution in [0.1, 0.15) is 28.0 Å². The molecule has 6 rings (SSSR count). The molecule has 1 fully saturated rings. The summed E-state index contributed by atoms with van der Waals surface area (Å²) in [5, 5.41) is 4.64. The standard InChI is InChI=1S/C25H28N6O3S/c1-33-20-10-17-12-26-11-16(17)9-19(20)29-24-23-18-3-6-30(13-21(18)35-25(23)28-15-27-24)4-2-5-31-7-8-34-14-22(31)32/h9-11,15H,2-8,12-14H2,1H3,(H,27,28,29). The molecule has 0 spiro atoms. The second-order valence-corrected chi connectivity index (χ2v) is 10.1. The highest BCUT2D eigenvalue weighted by atomic mass is 32.1. The summed E-state index contributed by atoms with van der Waals surface area (Å²) >= 11 is 1.75. The number of carbonyl (C=O) groups is 1. The monoisotopic (exact) mass is 492 g/mol. The molecule has 9 nitrogen and oxygen atoms in total. The molecule has 1 saturated heterocycles. The van der Waals surface area contributed by atoms with Crippen LogP contribution >= 0.6 is 11.3 Å². The van der Waals surface area contributed by atoms with Crippen LogP contribution in [0.4, 0.5) is 11.5 Å². The van der Waals surface area contributed by atoms with Crippen LogP contribution in [-0.4, -0.2) is 78.4 Å². The molecule has 3 aliphatic rings. The molecule has 35 heavy (non-hydrogen) atoms. The van der Waals surface area contributed by atoms with E-state index in [9.17, 15) is 4.79 Å². The van der Waals surface area contributed by atoms with Gasteiger partial charge < -0.3 is 19.7 Å². The van der Waals surface area contributed by atoms with E-state index in [0.29, 0.717) is 19.7 Å². The maximum absolute atomic E-state index is 12.0. The van der Waals surface area contributed by atoms with Crippen LogP contribution in [0.3, 0.4) is 0 Å². The van der Waals surface area contributed by atoms with E-state index < -0.39 is 0 Å². The van der Waals surface area contributed by atoms with Crippen LogP contribution in [0.5, 0.6) is 5.75 Å². The van der Waals surface area contributed by atoms with Gasteiger partial charge in [-0.3, -0.25) is 14.7 Å². The normalized spacial score (nSPS) is 17.6. The molecule has 0 atom stereocenters. The maximum atomic E-state index is 12.0. The van der Waals surface area contributed by atoms with Crippen molar-refractivity contribution in [3.05, 3.63) is 40.0 Å². The molecule has 1 amide bonds. The Labute approximate surface area is 207 Å². The average Bonchev–Trinajstić information content (AvgIpc) is 3.48. The third-order valence-electron chi connectivity index (χ3n) is 6.91. The number of thiophene rings is 1. The van der Waals surface area contributed by atoms with Crippen molar-refractivity contribution in [2.24, 2.45) is 4.99 Å². The van der Waals surface area contributed by atoms with Gasteiger partial charge in [-0.2, -0.15) is 0 Å². The van der Waals surface area contributed by atoms with E-state index in [1.165, 1.54) is 16.0 Å². The zero-order chi connectivity index (χ0) is 23.8. The molecule has 0 saturated carbocycles. The van der Waals surface area contributed by atoms with E-state index in [-0.39, 0.29) is 12.5 Å². The second-order valence-electron chi connectivity index (χ2n) is 9.07. The van der Waals surface area contributed by atoms with Crippen LogP contribution in [-0.2, 0) is 29.0 Å². The topological polar surface area (TPSA) is 92.2 Å². The Morgan fingerprint density at radius 3 is 3.06 bits per heavy atom. The smallest absolute Gasteiger partial charge is 0.248 e. The third-order valence-corrected chi connectivity index (χ3v) is 8.03. The molecule has 5 heterocycles. The van der Waals surface area contributed by atoms with Crippen LogP contribution in [0.2, 0.25) is 0 Å². The minimum Gasteiger partial charge on any atom is -0.495 e. The van der Waals surface area contributed by atoms with Crippen molar-refractivity contribution in [1.29, 1.82) is 0 Å². The molecule has 0 aliphatic carbocycles. The number of hydrogen-bond acceptors (Lipinski definition) is 9. The number of anilines is 2. The van der Waals surface area contributed by atoms with Crippen LogP contribution in [0.15, 0.2) is 23.5 Å². The Hall–Kier alpha value is -3.08. The summed E-state index contributed by atoms with van der Waals surface area (Å²) in [4.78, 5) is 32.3. The first-order valence-electron chi connectivity index (χ1n) is 12.0. The Balaban J connectivity index is 1.19. The molecule has 10 heteroatoms. The lowest BCUT2D eigenvalue weighted by Gasteiger charge is -2.30. The fraction of sp³-hybridized carbons (Fsp3) is 0.440. The van der Waals surface area contributed by atoms with Gasteiger partial charge in [-0.1, -0.05) is 0 Å². The lowest BCUT2D eigenvalue weighted by atomic mass is 10.0. The number of nitrogens with one attached hydrogen (secondary N) is 1. The lowest BCUT2D eigenvalue weighted by molar-refractivity contribution is -0.142. The highest BCUT2D eigenvalue weighted by Crippen LogP contribution is 2.40. The van der Waals surface area contributed by atoms with E-state index in [1.54, 1.807) is 24.8 Å². The highest BCUT2D eigenvalue weighted by Gasteiger charge is 2.25. The first kappa shape index (κ1) is 22.4. The molecule has 3 aliphatic heterocycles. The third kappa shape index (κ3) is 4.37. The van der Waals surface area contributed by atoms with Gasteiger partial charge in [-0.25, -0.2) is 9.97 Å². The van der Waals surface area contributed by atoms with Crippen molar-refractivity contribution in [1.82, 2.24) is 19.8 Å². The molecule has 1 N–H and O–H groups in total. The predicted molar refractivity (Wildman–Crippen MR) is 136 cm³/mol. The van der Waals surface area contributed by atoms with E-state index in [1.807, 2.05) is 11.1 Å². The molecular weight excluding hydrogens is 464 g/mol. The Morgan fingerprint density at radius 2 is 2.17 bits per heavy atom. The molecule has 0 radical (unpaired) electrons. The highest BCUT2D eigenvalue weighted by molar-refractivity contribution is 7.19. The number of methoxy groups -OCH3 is 1. The number of aromatic nitrogens is 2. The Morgan fingerprint density at radius 1 is 1.23 bits per heavy atom. The summed E-state index contributed by atoms with van der Waals surface area (Å²) in [5.41, 5.74) is 4.51. The van der Waals surface area contributed by atoms with Crippen molar-refractivity contribution >= 4 is 45.2 Å². The number of benzene rings is 1. The number of ether oxygens (including phenoxy) is 2. The van der Waals surface area contributed by atoms with E-state index in [4.69, 9.17) is 9.47 Å². The average molecular weight is 493 g/mol. The number of hydrogen-bond donors (Lipinski definition) is 1. The number of aliphatic imine (C=N–C) groups is 1. The number of fused-ring (bicyclic) bond motifs is 4. The van der Waals surface area contributed by atoms with E-state index >= 15 is 0 Å². The molecule has 0 bridgehead atoms. The van der Waals surface area contributed by atoms with Gasteiger partial charge in [0, 0.05) is 43.8 Å². The number of morpholine rings is 1. The van der Waals surface area contributed by atoms with E-state index in [0.717, 1.165) is 72.1 Å². The van der Waals surface area contributed by atoms with Gasteiger partial charge in [0.1, 0.15) is 29.3 Å². The minimum absolute atomic E-state index is 0.104. The SMILES string of the molecule is COc1cc2c(cc1Nc1ncnc3sc4c(c13)CCN(CCCN1CCOCC1=O)C4)C=NC2. The van der Waals surface area contributed by atoms with Crippen LogP contribution < -0.4 is 10.1 Å². The number of amides is 1. The van der Waals surface area contributed by atoms with Crippen molar-refractivity contribution in [3.63, 3.8) is 0 Å². The molecule has 3 aromatic rings. The molecule has 182 valence electrons. The maximum Gasteiger partial charge on any atom is 0.248 e. The number of carbonyl (C=O) groups excluding carboxylic acids is 1. The zero-order valence-corrected chi connectivity index (χ0v) is 20.6. The van der Waals surface area contributed by atoms with Gasteiger partial charge in [0.15, 0.2) is 0 Å². The molecule has 0 unspecified atom stereocenters. The van der Waals surface area contributed by atoms with Gasteiger partial charge in [0.25, 0.3) is 0 Å².